The third kappa shape index (κ3) is 2.31. The van der Waals surface area contributed by atoms with Gasteiger partial charge in [-0.1, -0.05) is 18.2 Å². The van der Waals surface area contributed by atoms with E-state index in [9.17, 15) is 4.79 Å². The molecule has 5 nitrogen and oxygen atoms in total. The number of amides is 1. The maximum absolute atomic E-state index is 12.5. The van der Waals surface area contributed by atoms with E-state index in [1.807, 2.05) is 24.3 Å². The second-order valence-corrected chi connectivity index (χ2v) is 6.16. The van der Waals surface area contributed by atoms with Gasteiger partial charge in [0.25, 0.3) is 5.91 Å². The van der Waals surface area contributed by atoms with Crippen molar-refractivity contribution in [2.75, 3.05) is 13.1 Å². The maximum atomic E-state index is 12.5. The summed E-state index contributed by atoms with van der Waals surface area (Å²) in [6.45, 7) is 2.17. The van der Waals surface area contributed by atoms with Gasteiger partial charge in [0.05, 0.1) is 5.52 Å². The van der Waals surface area contributed by atoms with E-state index in [1.54, 1.807) is 0 Å². The van der Waals surface area contributed by atoms with Gasteiger partial charge in [-0.05, 0) is 38.3 Å². The highest BCUT2D eigenvalue weighted by atomic mass is 16.2. The zero-order chi connectivity index (χ0) is 14.2. The lowest BCUT2D eigenvalue weighted by Gasteiger charge is -2.40. The molecule has 2 N–H and O–H groups in total. The van der Waals surface area contributed by atoms with Crippen LogP contribution in [-0.2, 0) is 0 Å². The van der Waals surface area contributed by atoms with Gasteiger partial charge in [0.2, 0.25) is 0 Å². The average Bonchev–Trinajstić information content (AvgIpc) is 2.85. The van der Waals surface area contributed by atoms with E-state index in [2.05, 4.69) is 20.4 Å². The molecule has 1 aromatic carbocycles. The lowest BCUT2D eigenvalue weighted by molar-refractivity contribution is 0.0787. The van der Waals surface area contributed by atoms with Crippen LogP contribution in [0, 0.1) is 0 Å². The van der Waals surface area contributed by atoms with Gasteiger partial charge >= 0.3 is 0 Å². The fourth-order valence-corrected chi connectivity index (χ4v) is 3.54. The SMILES string of the molecule is O=C(N[C@H]1CCCC2CCN2C1)c1n[nH]c2ccccc12. The number of carbonyl (C=O) groups is 1. The van der Waals surface area contributed by atoms with Crippen molar-refractivity contribution >= 4 is 16.8 Å². The predicted octanol–water partition coefficient (Wildman–Crippen LogP) is 1.92. The van der Waals surface area contributed by atoms with Crippen LogP contribution in [0.1, 0.15) is 36.2 Å². The Morgan fingerprint density at radius 1 is 1.29 bits per heavy atom. The van der Waals surface area contributed by atoms with Crippen LogP contribution in [0.2, 0.25) is 0 Å². The van der Waals surface area contributed by atoms with Crippen molar-refractivity contribution in [2.45, 2.75) is 37.8 Å². The van der Waals surface area contributed by atoms with Crippen LogP contribution in [0.25, 0.3) is 10.9 Å². The number of benzene rings is 1. The molecule has 0 saturated carbocycles. The smallest absolute Gasteiger partial charge is 0.272 e. The van der Waals surface area contributed by atoms with Crippen LogP contribution in [0.5, 0.6) is 0 Å². The molecule has 4 rings (SSSR count). The van der Waals surface area contributed by atoms with Crippen LogP contribution in [0.3, 0.4) is 0 Å². The Kier molecular flexibility index (Phi) is 3.15. The molecule has 2 aromatic rings. The molecule has 0 bridgehead atoms. The van der Waals surface area contributed by atoms with Crippen molar-refractivity contribution in [3.05, 3.63) is 30.0 Å². The molecule has 5 heteroatoms. The number of rotatable bonds is 2. The summed E-state index contributed by atoms with van der Waals surface area (Å²) in [7, 11) is 0. The number of aromatic nitrogens is 2. The summed E-state index contributed by atoms with van der Waals surface area (Å²) >= 11 is 0. The third-order valence-corrected chi connectivity index (χ3v) is 4.83. The minimum Gasteiger partial charge on any atom is -0.347 e. The molecule has 2 saturated heterocycles. The molecule has 0 radical (unpaired) electrons. The summed E-state index contributed by atoms with van der Waals surface area (Å²) < 4.78 is 0. The highest BCUT2D eigenvalue weighted by Gasteiger charge is 2.32. The maximum Gasteiger partial charge on any atom is 0.272 e. The van der Waals surface area contributed by atoms with E-state index < -0.39 is 0 Å². The molecule has 0 aliphatic carbocycles. The fraction of sp³-hybridized carbons (Fsp3) is 0.500. The molecular formula is C16H20N4O. The second kappa shape index (κ2) is 5.15. The first-order valence-corrected chi connectivity index (χ1v) is 7.79. The average molecular weight is 284 g/mol. The first kappa shape index (κ1) is 12.8. The van der Waals surface area contributed by atoms with Crippen molar-refractivity contribution in [1.29, 1.82) is 0 Å². The molecule has 0 spiro atoms. The predicted molar refractivity (Wildman–Crippen MR) is 81.2 cm³/mol. The zero-order valence-electron chi connectivity index (χ0n) is 12.0. The van der Waals surface area contributed by atoms with Crippen molar-refractivity contribution < 1.29 is 4.79 Å². The number of fused-ring (bicyclic) bond motifs is 2. The standard InChI is InChI=1S/C16H20N4O/c21-16(15-13-6-1-2-7-14(13)18-19-15)17-11-4-3-5-12-8-9-20(12)10-11/h1-2,6-7,11-12H,3-5,8-10H2,(H,17,21)(H,18,19)/t11-,12?/m0/s1. The number of para-hydroxylation sites is 1. The number of nitrogens with one attached hydrogen (secondary N) is 2. The van der Waals surface area contributed by atoms with Gasteiger partial charge in [-0.25, -0.2) is 0 Å². The Balaban J connectivity index is 1.50. The largest absolute Gasteiger partial charge is 0.347 e. The number of hydrogen-bond donors (Lipinski definition) is 2. The molecule has 21 heavy (non-hydrogen) atoms. The molecular weight excluding hydrogens is 264 g/mol. The van der Waals surface area contributed by atoms with Crippen LogP contribution >= 0.6 is 0 Å². The van der Waals surface area contributed by atoms with Crippen LogP contribution in [0.15, 0.2) is 24.3 Å². The first-order valence-electron chi connectivity index (χ1n) is 7.79. The minimum absolute atomic E-state index is 0.0589. The molecule has 110 valence electrons. The van der Waals surface area contributed by atoms with E-state index >= 15 is 0 Å². The van der Waals surface area contributed by atoms with Gasteiger partial charge in [-0.2, -0.15) is 5.10 Å². The summed E-state index contributed by atoms with van der Waals surface area (Å²) in [5, 5.41) is 11.2. The van der Waals surface area contributed by atoms with Crippen LogP contribution < -0.4 is 5.32 Å². The van der Waals surface area contributed by atoms with E-state index in [1.165, 1.54) is 25.8 Å². The number of nitrogens with zero attached hydrogens (tertiary/aromatic N) is 2. The van der Waals surface area contributed by atoms with Gasteiger partial charge in [0.15, 0.2) is 5.69 Å². The summed E-state index contributed by atoms with van der Waals surface area (Å²) in [6, 6.07) is 8.76. The molecule has 1 amide bonds. The van der Waals surface area contributed by atoms with Crippen LogP contribution in [-0.4, -0.2) is 46.2 Å². The number of H-pyrrole nitrogens is 1. The Labute approximate surface area is 123 Å². The monoisotopic (exact) mass is 284 g/mol. The van der Waals surface area contributed by atoms with Gasteiger partial charge in [0, 0.05) is 24.0 Å². The second-order valence-electron chi connectivity index (χ2n) is 6.16. The van der Waals surface area contributed by atoms with Gasteiger partial charge in [0.1, 0.15) is 0 Å². The Morgan fingerprint density at radius 3 is 3.05 bits per heavy atom. The van der Waals surface area contributed by atoms with Crippen LogP contribution in [0.4, 0.5) is 0 Å². The molecule has 3 heterocycles. The van der Waals surface area contributed by atoms with Crippen molar-refractivity contribution in [2.24, 2.45) is 0 Å². The van der Waals surface area contributed by atoms with Gasteiger partial charge in [-0.15, -0.1) is 0 Å². The Morgan fingerprint density at radius 2 is 2.19 bits per heavy atom. The fourth-order valence-electron chi connectivity index (χ4n) is 3.54. The number of hydrogen-bond acceptors (Lipinski definition) is 3. The quantitative estimate of drug-likeness (QED) is 0.885. The third-order valence-electron chi connectivity index (χ3n) is 4.83. The lowest BCUT2D eigenvalue weighted by Crippen LogP contribution is -2.52. The highest BCUT2D eigenvalue weighted by molar-refractivity contribution is 6.04. The zero-order valence-corrected chi connectivity index (χ0v) is 12.0. The molecule has 2 fully saturated rings. The van der Waals surface area contributed by atoms with E-state index in [0.29, 0.717) is 5.69 Å². The highest BCUT2D eigenvalue weighted by Crippen LogP contribution is 2.27. The molecule has 1 unspecified atom stereocenters. The first-order chi connectivity index (χ1) is 10.3. The van der Waals surface area contributed by atoms with Gasteiger partial charge < -0.3 is 5.32 Å². The minimum atomic E-state index is -0.0589. The lowest BCUT2D eigenvalue weighted by atomic mass is 10.00. The van der Waals surface area contributed by atoms with E-state index in [0.717, 1.165) is 29.9 Å². The Hall–Kier alpha value is -1.88. The van der Waals surface area contributed by atoms with Gasteiger partial charge in [-0.3, -0.25) is 14.8 Å². The topological polar surface area (TPSA) is 61.0 Å². The number of carbonyl (C=O) groups excluding carboxylic acids is 1. The van der Waals surface area contributed by atoms with E-state index in [4.69, 9.17) is 0 Å². The number of aromatic amines is 1. The molecule has 2 atom stereocenters. The normalized spacial score (nSPS) is 25.9. The van der Waals surface area contributed by atoms with E-state index in [-0.39, 0.29) is 11.9 Å². The Bertz CT molecular complexity index is 665. The van der Waals surface area contributed by atoms with Crippen molar-refractivity contribution in [3.8, 4) is 0 Å². The molecule has 1 aromatic heterocycles. The molecule has 2 aliphatic heterocycles. The van der Waals surface area contributed by atoms with Crippen molar-refractivity contribution in [1.82, 2.24) is 20.4 Å². The molecule has 2 aliphatic rings. The summed E-state index contributed by atoms with van der Waals surface area (Å²) in [5.41, 5.74) is 1.42. The van der Waals surface area contributed by atoms with Crippen molar-refractivity contribution in [3.63, 3.8) is 0 Å². The summed E-state index contributed by atoms with van der Waals surface area (Å²) in [6.07, 6.45) is 4.87. The summed E-state index contributed by atoms with van der Waals surface area (Å²) in [4.78, 5) is 15.0. The summed E-state index contributed by atoms with van der Waals surface area (Å²) in [5.74, 6) is -0.0589.